The molecule has 1 N–H and O–H groups in total. The maximum Gasteiger partial charge on any atom is 0.394 e. The molecule has 0 aliphatic rings. The van der Waals surface area contributed by atoms with Crippen LogP contribution in [0.3, 0.4) is 0 Å². The molecule has 6 heavy (non-hydrogen) atoms. The SMILES string of the molecule is [N-]=[N+]=NC(=O)O. The third-order valence-electron chi connectivity index (χ3n) is 0.130. The van der Waals surface area contributed by atoms with Crippen LogP contribution in [0.4, 0.5) is 4.79 Å². The first-order chi connectivity index (χ1) is 2.77. The van der Waals surface area contributed by atoms with Crippen molar-refractivity contribution in [2.45, 2.75) is 0 Å². The molecule has 0 aliphatic heterocycles. The van der Waals surface area contributed by atoms with Crippen molar-refractivity contribution >= 4 is 6.09 Å². The Hall–Kier alpha value is -1.22. The van der Waals surface area contributed by atoms with Gasteiger partial charge in [0.25, 0.3) is 0 Å². The second-order valence-corrected chi connectivity index (χ2v) is 0.472. The van der Waals surface area contributed by atoms with Gasteiger partial charge in [0, 0.05) is 10.0 Å². The summed E-state index contributed by atoms with van der Waals surface area (Å²) in [6.45, 7) is 0. The summed E-state index contributed by atoms with van der Waals surface area (Å²) >= 11 is 0. The highest BCUT2D eigenvalue weighted by Gasteiger charge is 1.79. The van der Waals surface area contributed by atoms with Crippen LogP contribution in [-0.2, 0) is 0 Å². The van der Waals surface area contributed by atoms with Gasteiger partial charge in [0.05, 0.1) is 0 Å². The third-order valence-corrected chi connectivity index (χ3v) is 0.130. The van der Waals surface area contributed by atoms with Crippen LogP contribution in [0.5, 0.6) is 0 Å². The summed E-state index contributed by atoms with van der Waals surface area (Å²) in [6, 6.07) is 0. The molecule has 0 saturated carbocycles. The van der Waals surface area contributed by atoms with Crippen molar-refractivity contribution in [1.29, 1.82) is 0 Å². The van der Waals surface area contributed by atoms with E-state index < -0.39 is 6.09 Å². The van der Waals surface area contributed by atoms with Crippen molar-refractivity contribution in [3.63, 3.8) is 0 Å². The highest BCUT2D eigenvalue weighted by Crippen LogP contribution is 1.67. The van der Waals surface area contributed by atoms with Gasteiger partial charge in [-0.1, -0.05) is 0 Å². The second-order valence-electron chi connectivity index (χ2n) is 0.472. The van der Waals surface area contributed by atoms with Gasteiger partial charge in [0.1, 0.15) is 0 Å². The summed E-state index contributed by atoms with van der Waals surface area (Å²) in [4.78, 5) is 11.1. The van der Waals surface area contributed by atoms with E-state index >= 15 is 0 Å². The third kappa shape index (κ3) is 2.78. The predicted molar refractivity (Wildman–Crippen MR) is 17.2 cm³/mol. The molecule has 0 aromatic rings. The standard InChI is InChI=1S/CHN3O2/c2-4-3-1(5)6/h(H,5,6). The molecular formula is CHN3O2. The molecule has 0 saturated heterocycles. The van der Waals surface area contributed by atoms with Crippen molar-refractivity contribution in [1.82, 2.24) is 0 Å². The molecule has 0 heterocycles. The fraction of sp³-hybridized carbons (Fsp3) is 0. The summed E-state index contributed by atoms with van der Waals surface area (Å²) in [5, 5.41) is 9.72. The smallest absolute Gasteiger partial charge is 0.394 e. The van der Waals surface area contributed by atoms with Gasteiger partial charge in [-0.15, -0.1) is 0 Å². The zero-order chi connectivity index (χ0) is 4.99. The quantitative estimate of drug-likeness (QED) is 0.271. The Bertz CT molecular complexity index is 101. The van der Waals surface area contributed by atoms with Crippen molar-refractivity contribution in [3.8, 4) is 0 Å². The zero-order valence-corrected chi connectivity index (χ0v) is 2.70. The van der Waals surface area contributed by atoms with Crippen LogP contribution >= 0.6 is 0 Å². The van der Waals surface area contributed by atoms with Gasteiger partial charge in [0.2, 0.25) is 0 Å². The summed E-state index contributed by atoms with van der Waals surface area (Å²) in [6.07, 6.45) is -1.50. The lowest BCUT2D eigenvalue weighted by molar-refractivity contribution is 0.205. The molecule has 1 amide bonds. The van der Waals surface area contributed by atoms with Crippen LogP contribution in [0.2, 0.25) is 0 Å². The molecule has 0 spiro atoms. The molecule has 0 bridgehead atoms. The predicted octanol–water partition coefficient (Wildman–Crippen LogP) is 0.975. The minimum absolute atomic E-state index is 1.50. The molecule has 0 aliphatic carbocycles. The van der Waals surface area contributed by atoms with E-state index in [1.807, 2.05) is 4.91 Å². The number of azide groups is 1. The van der Waals surface area contributed by atoms with Crippen molar-refractivity contribution < 1.29 is 9.90 Å². The van der Waals surface area contributed by atoms with Crippen LogP contribution < -0.4 is 0 Å². The molecule has 5 nitrogen and oxygen atoms in total. The van der Waals surface area contributed by atoms with Crippen molar-refractivity contribution in [2.75, 3.05) is 0 Å². The minimum atomic E-state index is -1.50. The van der Waals surface area contributed by atoms with Crippen molar-refractivity contribution in [3.05, 3.63) is 10.4 Å². The monoisotopic (exact) mass is 87.0 g/mol. The molecule has 5 heteroatoms. The number of amides is 1. The summed E-state index contributed by atoms with van der Waals surface area (Å²) in [5.41, 5.74) is 7.31. The van der Waals surface area contributed by atoms with E-state index in [0.29, 0.717) is 0 Å². The fourth-order valence-electron chi connectivity index (χ4n) is 0.0383. The average Bonchev–Trinajstić information content (AvgIpc) is 1.35. The highest BCUT2D eigenvalue weighted by molar-refractivity contribution is 5.65. The van der Waals surface area contributed by atoms with Gasteiger partial charge < -0.3 is 5.11 Å². The number of hydrogen-bond acceptors (Lipinski definition) is 1. The topological polar surface area (TPSA) is 86.1 Å². The van der Waals surface area contributed by atoms with Crippen molar-refractivity contribution in [2.24, 2.45) is 5.11 Å². The number of rotatable bonds is 0. The van der Waals surface area contributed by atoms with Crippen LogP contribution in [0.25, 0.3) is 10.4 Å². The van der Waals surface area contributed by atoms with Gasteiger partial charge in [-0.05, 0) is 5.53 Å². The lowest BCUT2D eigenvalue weighted by Crippen LogP contribution is -1.77. The summed E-state index contributed by atoms with van der Waals surface area (Å²) in [7, 11) is 0. The van der Waals surface area contributed by atoms with E-state index in [9.17, 15) is 4.79 Å². The van der Waals surface area contributed by atoms with Gasteiger partial charge in [-0.25, -0.2) is 4.79 Å². The molecule has 0 aromatic carbocycles. The van der Waals surface area contributed by atoms with Gasteiger partial charge in [-0.3, -0.25) is 0 Å². The maximum absolute atomic E-state index is 9.18. The summed E-state index contributed by atoms with van der Waals surface area (Å²) < 4.78 is 0. The number of carbonyl (C=O) groups is 1. The largest absolute Gasteiger partial charge is 0.476 e. The molecule has 32 valence electrons. The van der Waals surface area contributed by atoms with Gasteiger partial charge in [0.15, 0.2) is 0 Å². The van der Waals surface area contributed by atoms with Crippen LogP contribution in [0.1, 0.15) is 0 Å². The normalized spacial score (nSPS) is 6.00. The van der Waals surface area contributed by atoms with Crippen LogP contribution in [-0.4, -0.2) is 11.2 Å². The van der Waals surface area contributed by atoms with E-state index in [0.717, 1.165) is 0 Å². The molecule has 0 radical (unpaired) electrons. The first kappa shape index (κ1) is 4.78. The molecule has 0 rings (SSSR count). The molecule has 0 fully saturated rings. The number of carboxylic acid groups (broad SMARTS) is 1. The Morgan fingerprint density at radius 2 is 2.50 bits per heavy atom. The second kappa shape index (κ2) is 2.04. The van der Waals surface area contributed by atoms with E-state index in [1.54, 1.807) is 0 Å². The average molecular weight is 87.0 g/mol. The zero-order valence-electron chi connectivity index (χ0n) is 2.70. The highest BCUT2D eigenvalue weighted by atomic mass is 16.4. The van der Waals surface area contributed by atoms with Crippen LogP contribution in [0, 0.1) is 0 Å². The van der Waals surface area contributed by atoms with E-state index in [1.165, 1.54) is 0 Å². The first-order valence-electron chi connectivity index (χ1n) is 1.05. The lowest BCUT2D eigenvalue weighted by atomic mass is 11.3. The molecular weight excluding hydrogens is 86.0 g/mol. The lowest BCUT2D eigenvalue weighted by Gasteiger charge is -1.62. The Kier molecular flexibility index (Phi) is 1.63. The van der Waals surface area contributed by atoms with E-state index in [2.05, 4.69) is 5.11 Å². The Morgan fingerprint density at radius 1 is 2.00 bits per heavy atom. The Labute approximate surface area is 32.8 Å². The van der Waals surface area contributed by atoms with Gasteiger partial charge >= 0.3 is 6.09 Å². The van der Waals surface area contributed by atoms with Gasteiger partial charge in [-0.2, -0.15) is 0 Å². The van der Waals surface area contributed by atoms with Crippen LogP contribution in [0.15, 0.2) is 5.11 Å². The van der Waals surface area contributed by atoms with E-state index in [4.69, 9.17) is 10.6 Å². The molecule has 0 unspecified atom stereocenters. The minimum Gasteiger partial charge on any atom is -0.476 e. The molecule has 0 atom stereocenters. The van der Waals surface area contributed by atoms with E-state index in [-0.39, 0.29) is 0 Å². The summed E-state index contributed by atoms with van der Waals surface area (Å²) in [5.74, 6) is 0. The Morgan fingerprint density at radius 3 is 2.50 bits per heavy atom. The number of nitrogens with zero attached hydrogens (tertiary/aromatic N) is 3. The first-order valence-corrected chi connectivity index (χ1v) is 1.05. The molecule has 0 aromatic heterocycles. The Balaban J connectivity index is 3.60. The maximum atomic E-state index is 9.18. The fourth-order valence-corrected chi connectivity index (χ4v) is 0.0383. The number of hydrogen-bond donors (Lipinski definition) is 1.